The van der Waals surface area contributed by atoms with Gasteiger partial charge < -0.3 is 29.5 Å². The molecule has 22 heavy (non-hydrogen) atoms. The van der Waals surface area contributed by atoms with Gasteiger partial charge in [0, 0.05) is 0 Å². The van der Waals surface area contributed by atoms with E-state index in [-0.39, 0.29) is 17.1 Å². The summed E-state index contributed by atoms with van der Waals surface area (Å²) in [6.45, 7) is 0. The molecule has 0 saturated heterocycles. The molecule has 0 heterocycles. The van der Waals surface area contributed by atoms with Crippen molar-refractivity contribution in [1.82, 2.24) is 0 Å². The van der Waals surface area contributed by atoms with Gasteiger partial charge in [-0.1, -0.05) is 6.07 Å². The van der Waals surface area contributed by atoms with Crippen molar-refractivity contribution >= 4 is 17.9 Å². The largest absolute Gasteiger partial charge is 0.496 e. The average Bonchev–Trinajstić information content (AvgIpc) is 2.50. The van der Waals surface area contributed by atoms with Crippen molar-refractivity contribution in [2.75, 3.05) is 14.2 Å². The predicted octanol–water partition coefficient (Wildman–Crippen LogP) is -0.241. The van der Waals surface area contributed by atoms with Gasteiger partial charge in [0.2, 0.25) is 6.10 Å². The Morgan fingerprint density at radius 1 is 1.00 bits per heavy atom. The summed E-state index contributed by atoms with van der Waals surface area (Å²) in [6.07, 6.45) is -4.69. The Bertz CT molecular complexity index is 559. The third kappa shape index (κ3) is 3.64. The van der Waals surface area contributed by atoms with E-state index in [0.717, 1.165) is 0 Å². The van der Waals surface area contributed by atoms with Crippen LogP contribution in [0, 0.1) is 0 Å². The van der Waals surface area contributed by atoms with Crippen molar-refractivity contribution in [3.63, 3.8) is 0 Å². The molecule has 0 radical (unpaired) electrons. The Morgan fingerprint density at radius 2 is 1.50 bits per heavy atom. The van der Waals surface area contributed by atoms with Gasteiger partial charge in [0.25, 0.3) is 0 Å². The van der Waals surface area contributed by atoms with Crippen LogP contribution in [0.1, 0.15) is 10.4 Å². The number of aliphatic carboxylic acids is 2. The van der Waals surface area contributed by atoms with Gasteiger partial charge >= 0.3 is 17.9 Å². The Labute approximate surface area is 124 Å². The maximum atomic E-state index is 12.1. The van der Waals surface area contributed by atoms with Crippen LogP contribution < -0.4 is 9.47 Å². The fraction of sp³-hybridized carbons (Fsp3) is 0.308. The van der Waals surface area contributed by atoms with Gasteiger partial charge in [-0.15, -0.1) is 0 Å². The predicted molar refractivity (Wildman–Crippen MR) is 70.0 cm³/mol. The van der Waals surface area contributed by atoms with E-state index >= 15 is 0 Å². The Balaban J connectivity index is 3.15. The first-order valence-corrected chi connectivity index (χ1v) is 5.89. The number of benzene rings is 1. The molecule has 1 aromatic carbocycles. The minimum Gasteiger partial charge on any atom is -0.496 e. The smallest absolute Gasteiger partial charge is 0.348 e. The van der Waals surface area contributed by atoms with E-state index in [2.05, 4.69) is 4.74 Å². The molecule has 0 aromatic heterocycles. The van der Waals surface area contributed by atoms with Crippen molar-refractivity contribution in [1.29, 1.82) is 0 Å². The molecule has 9 heteroatoms. The zero-order valence-electron chi connectivity index (χ0n) is 11.7. The molecule has 0 amide bonds. The summed E-state index contributed by atoms with van der Waals surface area (Å²) < 4.78 is 14.5. The number of carboxylic acids is 2. The molecule has 120 valence electrons. The topological polar surface area (TPSA) is 140 Å². The van der Waals surface area contributed by atoms with Crippen LogP contribution in [0.25, 0.3) is 0 Å². The highest BCUT2D eigenvalue weighted by Gasteiger charge is 2.37. The Kier molecular flexibility index (Phi) is 5.70. The summed E-state index contributed by atoms with van der Waals surface area (Å²) in [5.74, 6) is -4.78. The van der Waals surface area contributed by atoms with Crippen LogP contribution in [-0.2, 0) is 14.3 Å². The Morgan fingerprint density at radius 3 is 1.86 bits per heavy atom. The summed E-state index contributed by atoms with van der Waals surface area (Å²) >= 11 is 0. The molecule has 1 rings (SSSR count). The van der Waals surface area contributed by atoms with Crippen LogP contribution >= 0.6 is 0 Å². The molecule has 0 spiro atoms. The molecule has 9 nitrogen and oxygen atoms in total. The lowest BCUT2D eigenvalue weighted by molar-refractivity contribution is -0.166. The number of carboxylic acid groups (broad SMARTS) is 2. The summed E-state index contributed by atoms with van der Waals surface area (Å²) in [6, 6.07) is 4.33. The van der Waals surface area contributed by atoms with Crippen molar-refractivity contribution in [3.05, 3.63) is 23.8 Å². The first kappa shape index (κ1) is 17.2. The van der Waals surface area contributed by atoms with E-state index in [1.165, 1.54) is 32.4 Å². The van der Waals surface area contributed by atoms with Crippen LogP contribution in [-0.4, -0.2) is 59.7 Å². The average molecular weight is 314 g/mol. The van der Waals surface area contributed by atoms with Crippen molar-refractivity contribution in [2.24, 2.45) is 0 Å². The molecule has 0 saturated carbocycles. The highest BCUT2D eigenvalue weighted by molar-refractivity contribution is 5.97. The van der Waals surface area contributed by atoms with Crippen molar-refractivity contribution in [3.8, 4) is 11.5 Å². The monoisotopic (exact) mass is 314 g/mol. The summed E-state index contributed by atoms with van der Waals surface area (Å²) in [5, 5.41) is 26.8. The maximum Gasteiger partial charge on any atom is 0.348 e. The Hall–Kier alpha value is -2.81. The zero-order chi connectivity index (χ0) is 16.9. The number of carbonyl (C=O) groups excluding carboxylic acids is 1. The van der Waals surface area contributed by atoms with E-state index in [9.17, 15) is 19.5 Å². The number of carbonyl (C=O) groups is 3. The lowest BCUT2D eigenvalue weighted by atomic mass is 10.1. The van der Waals surface area contributed by atoms with Gasteiger partial charge in [-0.2, -0.15) is 0 Å². The number of hydrogen-bond donors (Lipinski definition) is 3. The molecule has 3 N–H and O–H groups in total. The van der Waals surface area contributed by atoms with Gasteiger partial charge in [0.1, 0.15) is 17.1 Å². The minimum atomic E-state index is -2.41. The summed E-state index contributed by atoms with van der Waals surface area (Å²) in [7, 11) is 2.54. The number of aliphatic hydroxyl groups excluding tert-OH is 1. The zero-order valence-corrected chi connectivity index (χ0v) is 11.7. The second kappa shape index (κ2) is 7.27. The summed E-state index contributed by atoms with van der Waals surface area (Å²) in [5.41, 5.74) is -0.226. The van der Waals surface area contributed by atoms with Crippen molar-refractivity contribution in [2.45, 2.75) is 12.2 Å². The third-order valence-corrected chi connectivity index (χ3v) is 2.65. The molecule has 1 aromatic rings. The fourth-order valence-corrected chi connectivity index (χ4v) is 1.61. The van der Waals surface area contributed by atoms with Gasteiger partial charge in [-0.05, 0) is 12.1 Å². The highest BCUT2D eigenvalue weighted by atomic mass is 16.6. The third-order valence-electron chi connectivity index (χ3n) is 2.65. The standard InChI is InChI=1S/C13H14O9/c1-20-6-4-3-5-7(21-2)8(6)13(19)22-10(12(17)18)9(14)11(15)16/h3-5,9-10,14H,1-2H3,(H,15,16)(H,17,18)/t9-,10-/m0/s1. The molecule has 0 aliphatic carbocycles. The molecule has 0 aliphatic rings. The number of ether oxygens (including phenoxy) is 3. The number of esters is 1. The number of aliphatic hydroxyl groups is 1. The molecule has 0 unspecified atom stereocenters. The maximum absolute atomic E-state index is 12.1. The lowest BCUT2D eigenvalue weighted by Gasteiger charge is -2.18. The SMILES string of the molecule is COc1cccc(OC)c1C(=O)O[C@H](C(=O)O)[C@H](O)C(=O)O. The fourth-order valence-electron chi connectivity index (χ4n) is 1.61. The van der Waals surface area contributed by atoms with Crippen molar-refractivity contribution < 1.29 is 43.9 Å². The van der Waals surface area contributed by atoms with Crippen LogP contribution in [0.2, 0.25) is 0 Å². The first-order valence-electron chi connectivity index (χ1n) is 5.89. The first-order chi connectivity index (χ1) is 10.3. The minimum absolute atomic E-state index is 0.0401. The van der Waals surface area contributed by atoms with Crippen LogP contribution in [0.5, 0.6) is 11.5 Å². The van der Waals surface area contributed by atoms with Gasteiger partial charge in [-0.25, -0.2) is 14.4 Å². The molecular weight excluding hydrogens is 300 g/mol. The normalized spacial score (nSPS) is 12.9. The second-order valence-corrected chi connectivity index (χ2v) is 3.98. The van der Waals surface area contributed by atoms with Gasteiger partial charge in [-0.3, -0.25) is 0 Å². The molecule has 0 fully saturated rings. The van der Waals surface area contributed by atoms with Gasteiger partial charge in [0.05, 0.1) is 14.2 Å². The molecule has 0 aliphatic heterocycles. The van der Waals surface area contributed by atoms with Crippen LogP contribution in [0.3, 0.4) is 0 Å². The lowest BCUT2D eigenvalue weighted by Crippen LogP contribution is -2.43. The molecule has 2 atom stereocenters. The van der Waals surface area contributed by atoms with Crippen LogP contribution in [0.4, 0.5) is 0 Å². The number of methoxy groups -OCH3 is 2. The van der Waals surface area contributed by atoms with E-state index < -0.39 is 30.1 Å². The number of hydrogen-bond acceptors (Lipinski definition) is 7. The summed E-state index contributed by atoms with van der Waals surface area (Å²) in [4.78, 5) is 33.7. The van der Waals surface area contributed by atoms with E-state index in [4.69, 9.17) is 19.7 Å². The molecular formula is C13H14O9. The van der Waals surface area contributed by atoms with E-state index in [1.54, 1.807) is 0 Å². The van der Waals surface area contributed by atoms with Crippen LogP contribution in [0.15, 0.2) is 18.2 Å². The van der Waals surface area contributed by atoms with Gasteiger partial charge in [0.15, 0.2) is 6.10 Å². The number of rotatable bonds is 7. The highest BCUT2D eigenvalue weighted by Crippen LogP contribution is 2.29. The second-order valence-electron chi connectivity index (χ2n) is 3.98. The molecule has 0 bridgehead atoms. The van der Waals surface area contributed by atoms with E-state index in [0.29, 0.717) is 0 Å². The van der Waals surface area contributed by atoms with E-state index in [1.807, 2.05) is 0 Å². The quantitative estimate of drug-likeness (QED) is 0.581.